The van der Waals surface area contributed by atoms with E-state index in [0.29, 0.717) is 5.76 Å². The van der Waals surface area contributed by atoms with Crippen molar-refractivity contribution < 1.29 is 14.3 Å². The predicted octanol–water partition coefficient (Wildman–Crippen LogP) is 5.05. The van der Waals surface area contributed by atoms with Gasteiger partial charge in [-0.05, 0) is 48.1 Å². The topological polar surface area (TPSA) is 35.5 Å². The molecule has 0 N–H and O–H groups in total. The Morgan fingerprint density at radius 1 is 0.955 bits per heavy atom. The standard InChI is InChI=1S/C19H18O3/c20-18-21-17(19(22-18)11-4-1-5-12-19)13-15-9-6-8-14-7-2-3-10-16(14)15/h2-3,6-10,13H,1,4-5,11-12H2/b17-13-. The summed E-state index contributed by atoms with van der Waals surface area (Å²) in [6, 6.07) is 14.4. The highest BCUT2D eigenvalue weighted by Gasteiger charge is 2.48. The fourth-order valence-corrected chi connectivity index (χ4v) is 3.56. The Morgan fingerprint density at radius 3 is 2.59 bits per heavy atom. The molecular weight excluding hydrogens is 276 g/mol. The Morgan fingerprint density at radius 2 is 1.73 bits per heavy atom. The van der Waals surface area contributed by atoms with Crippen molar-refractivity contribution in [2.24, 2.45) is 0 Å². The van der Waals surface area contributed by atoms with E-state index < -0.39 is 11.8 Å². The summed E-state index contributed by atoms with van der Waals surface area (Å²) in [5.41, 5.74) is 0.531. The summed E-state index contributed by atoms with van der Waals surface area (Å²) in [7, 11) is 0. The maximum absolute atomic E-state index is 11.7. The lowest BCUT2D eigenvalue weighted by molar-refractivity contribution is 0.0391. The molecule has 1 aliphatic heterocycles. The van der Waals surface area contributed by atoms with Crippen LogP contribution in [0, 0.1) is 0 Å². The molecule has 2 aliphatic rings. The first-order valence-corrected chi connectivity index (χ1v) is 7.88. The van der Waals surface area contributed by atoms with E-state index in [4.69, 9.17) is 9.47 Å². The van der Waals surface area contributed by atoms with Gasteiger partial charge in [-0.15, -0.1) is 0 Å². The zero-order chi connectivity index (χ0) is 15.0. The summed E-state index contributed by atoms with van der Waals surface area (Å²) in [4.78, 5) is 11.7. The van der Waals surface area contributed by atoms with Gasteiger partial charge >= 0.3 is 6.16 Å². The number of hydrogen-bond donors (Lipinski definition) is 0. The summed E-state index contributed by atoms with van der Waals surface area (Å²) in [5, 5.41) is 2.34. The van der Waals surface area contributed by atoms with Crippen LogP contribution in [0.2, 0.25) is 0 Å². The highest BCUT2D eigenvalue weighted by molar-refractivity contribution is 5.91. The molecule has 4 rings (SSSR count). The van der Waals surface area contributed by atoms with E-state index in [0.717, 1.165) is 36.6 Å². The first kappa shape index (κ1) is 13.4. The number of fused-ring (bicyclic) bond motifs is 1. The molecule has 3 nitrogen and oxygen atoms in total. The highest BCUT2D eigenvalue weighted by Crippen LogP contribution is 2.43. The van der Waals surface area contributed by atoms with E-state index in [1.807, 2.05) is 24.3 Å². The number of carbonyl (C=O) groups is 1. The third-order valence-electron chi connectivity index (χ3n) is 4.69. The second-order valence-corrected chi connectivity index (χ2v) is 6.09. The predicted molar refractivity (Wildman–Crippen MR) is 85.3 cm³/mol. The molecule has 3 heteroatoms. The van der Waals surface area contributed by atoms with Gasteiger partial charge in [0.2, 0.25) is 0 Å². The first-order chi connectivity index (χ1) is 10.8. The largest absolute Gasteiger partial charge is 0.514 e. The van der Waals surface area contributed by atoms with Crippen LogP contribution in [-0.2, 0) is 9.47 Å². The Balaban J connectivity index is 1.81. The average molecular weight is 294 g/mol. The van der Waals surface area contributed by atoms with Crippen LogP contribution in [0.1, 0.15) is 37.7 Å². The molecule has 2 aromatic carbocycles. The van der Waals surface area contributed by atoms with Gasteiger partial charge in [0.15, 0.2) is 11.4 Å². The van der Waals surface area contributed by atoms with E-state index >= 15 is 0 Å². The van der Waals surface area contributed by atoms with Crippen LogP contribution in [0.4, 0.5) is 4.79 Å². The van der Waals surface area contributed by atoms with Crippen LogP contribution < -0.4 is 0 Å². The third kappa shape index (κ3) is 2.17. The van der Waals surface area contributed by atoms with Crippen LogP contribution in [-0.4, -0.2) is 11.8 Å². The molecule has 1 saturated carbocycles. The highest BCUT2D eigenvalue weighted by atomic mass is 16.8. The van der Waals surface area contributed by atoms with Gasteiger partial charge in [0, 0.05) is 0 Å². The van der Waals surface area contributed by atoms with E-state index in [9.17, 15) is 4.79 Å². The lowest BCUT2D eigenvalue weighted by atomic mass is 9.82. The number of carbonyl (C=O) groups excluding carboxylic acids is 1. The number of rotatable bonds is 1. The molecule has 0 aromatic heterocycles. The van der Waals surface area contributed by atoms with Crippen molar-refractivity contribution in [3.05, 3.63) is 53.8 Å². The zero-order valence-corrected chi connectivity index (χ0v) is 12.4. The molecule has 1 aliphatic carbocycles. The van der Waals surface area contributed by atoms with Crippen molar-refractivity contribution in [3.8, 4) is 0 Å². The van der Waals surface area contributed by atoms with E-state index in [-0.39, 0.29) is 0 Å². The summed E-state index contributed by atoms with van der Waals surface area (Å²) in [6.07, 6.45) is 6.48. The van der Waals surface area contributed by atoms with Crippen LogP contribution >= 0.6 is 0 Å². The number of cyclic esters (lactones) is 1. The van der Waals surface area contributed by atoms with Crippen LogP contribution in [0.3, 0.4) is 0 Å². The van der Waals surface area contributed by atoms with Gasteiger partial charge in [-0.2, -0.15) is 0 Å². The smallest absolute Gasteiger partial charge is 0.419 e. The second kappa shape index (κ2) is 5.16. The fraction of sp³-hybridized carbons (Fsp3) is 0.316. The monoisotopic (exact) mass is 294 g/mol. The SMILES string of the molecule is O=C1O/C(=C\c2cccc3ccccc23)C2(CCCCC2)O1. The van der Waals surface area contributed by atoms with Crippen LogP contribution in [0.5, 0.6) is 0 Å². The fourth-order valence-electron chi connectivity index (χ4n) is 3.56. The van der Waals surface area contributed by atoms with Gasteiger partial charge in [0.1, 0.15) is 0 Å². The van der Waals surface area contributed by atoms with E-state index in [2.05, 4.69) is 24.3 Å². The minimum absolute atomic E-state index is 0.535. The van der Waals surface area contributed by atoms with Crippen molar-refractivity contribution in [2.75, 3.05) is 0 Å². The number of ether oxygens (including phenoxy) is 2. The lowest BCUT2D eigenvalue weighted by Crippen LogP contribution is -2.32. The molecular formula is C19H18O3. The molecule has 1 saturated heterocycles. The molecule has 0 unspecified atom stereocenters. The van der Waals surface area contributed by atoms with Crippen molar-refractivity contribution in [3.63, 3.8) is 0 Å². The average Bonchev–Trinajstić information content (AvgIpc) is 2.83. The van der Waals surface area contributed by atoms with Gasteiger partial charge in [0.05, 0.1) is 0 Å². The van der Waals surface area contributed by atoms with Crippen LogP contribution in [0.15, 0.2) is 48.2 Å². The molecule has 0 radical (unpaired) electrons. The molecule has 1 spiro atoms. The number of benzene rings is 2. The van der Waals surface area contributed by atoms with Crippen molar-refractivity contribution in [1.29, 1.82) is 0 Å². The molecule has 0 amide bonds. The minimum atomic E-state index is -0.562. The Kier molecular flexibility index (Phi) is 3.14. The Hall–Kier alpha value is -2.29. The summed E-state index contributed by atoms with van der Waals surface area (Å²) < 4.78 is 11.0. The third-order valence-corrected chi connectivity index (χ3v) is 4.69. The van der Waals surface area contributed by atoms with Crippen molar-refractivity contribution in [1.82, 2.24) is 0 Å². The minimum Gasteiger partial charge on any atom is -0.419 e. The molecule has 22 heavy (non-hydrogen) atoms. The maximum atomic E-state index is 11.7. The normalized spacial score (nSPS) is 22.0. The maximum Gasteiger partial charge on any atom is 0.514 e. The zero-order valence-electron chi connectivity index (χ0n) is 12.4. The molecule has 112 valence electrons. The quantitative estimate of drug-likeness (QED) is 0.690. The second-order valence-electron chi connectivity index (χ2n) is 6.09. The molecule has 2 aromatic rings. The summed E-state index contributed by atoms with van der Waals surface area (Å²) >= 11 is 0. The Bertz CT molecular complexity index is 749. The molecule has 2 fully saturated rings. The molecule has 0 atom stereocenters. The summed E-state index contributed by atoms with van der Waals surface area (Å²) in [5.74, 6) is 0.675. The summed E-state index contributed by atoms with van der Waals surface area (Å²) in [6.45, 7) is 0. The van der Waals surface area contributed by atoms with E-state index in [1.54, 1.807) is 0 Å². The lowest BCUT2D eigenvalue weighted by Gasteiger charge is -2.30. The van der Waals surface area contributed by atoms with Gasteiger partial charge < -0.3 is 9.47 Å². The Labute approximate surface area is 129 Å². The van der Waals surface area contributed by atoms with Crippen LogP contribution in [0.25, 0.3) is 16.8 Å². The first-order valence-electron chi connectivity index (χ1n) is 7.88. The van der Waals surface area contributed by atoms with Gasteiger partial charge in [-0.1, -0.05) is 48.9 Å². The van der Waals surface area contributed by atoms with Gasteiger partial charge in [0.25, 0.3) is 0 Å². The van der Waals surface area contributed by atoms with Gasteiger partial charge in [-0.3, -0.25) is 0 Å². The van der Waals surface area contributed by atoms with Crippen molar-refractivity contribution >= 4 is 23.0 Å². The molecule has 1 heterocycles. The van der Waals surface area contributed by atoms with Gasteiger partial charge in [-0.25, -0.2) is 4.79 Å². The van der Waals surface area contributed by atoms with Crippen molar-refractivity contribution in [2.45, 2.75) is 37.7 Å². The molecule has 0 bridgehead atoms. The van der Waals surface area contributed by atoms with E-state index in [1.165, 1.54) is 11.8 Å². The number of hydrogen-bond acceptors (Lipinski definition) is 3.